The van der Waals surface area contributed by atoms with Gasteiger partial charge in [0.2, 0.25) is 0 Å². The SMILES string of the molecule is NC(C=CCCCCC=CC(N)Cc1ccccc1)Cc1ccccc1. The first-order valence-corrected chi connectivity index (χ1v) is 9.66. The highest BCUT2D eigenvalue weighted by molar-refractivity contribution is 5.18. The summed E-state index contributed by atoms with van der Waals surface area (Å²) < 4.78 is 0. The minimum Gasteiger partial charge on any atom is -0.324 e. The molecule has 2 nitrogen and oxygen atoms in total. The van der Waals surface area contributed by atoms with E-state index in [0.29, 0.717) is 0 Å². The van der Waals surface area contributed by atoms with Crippen LogP contribution in [0.4, 0.5) is 0 Å². The lowest BCUT2D eigenvalue weighted by Crippen LogP contribution is -2.19. The average Bonchev–Trinajstić information content (AvgIpc) is 2.65. The molecule has 2 unspecified atom stereocenters. The van der Waals surface area contributed by atoms with Gasteiger partial charge in [0.25, 0.3) is 0 Å². The Bertz CT molecular complexity index is 587. The Labute approximate surface area is 158 Å². The van der Waals surface area contributed by atoms with Crippen LogP contribution >= 0.6 is 0 Å². The third-order valence-electron chi connectivity index (χ3n) is 4.39. The van der Waals surface area contributed by atoms with Gasteiger partial charge in [0, 0.05) is 12.1 Å². The highest BCUT2D eigenvalue weighted by Crippen LogP contribution is 2.07. The summed E-state index contributed by atoms with van der Waals surface area (Å²) in [6, 6.07) is 21.0. The predicted molar refractivity (Wildman–Crippen MR) is 113 cm³/mol. The minimum absolute atomic E-state index is 0.105. The second kappa shape index (κ2) is 12.2. The van der Waals surface area contributed by atoms with E-state index in [1.54, 1.807) is 0 Å². The number of allylic oxidation sites excluding steroid dienone is 2. The summed E-state index contributed by atoms with van der Waals surface area (Å²) in [6.45, 7) is 0. The number of nitrogens with two attached hydrogens (primary N) is 2. The molecule has 0 aliphatic carbocycles. The van der Waals surface area contributed by atoms with Crippen LogP contribution in [0.3, 0.4) is 0 Å². The average molecular weight is 349 g/mol. The first-order valence-electron chi connectivity index (χ1n) is 9.66. The van der Waals surface area contributed by atoms with E-state index in [2.05, 4.69) is 72.8 Å². The van der Waals surface area contributed by atoms with Crippen LogP contribution in [0.5, 0.6) is 0 Å². The van der Waals surface area contributed by atoms with Crippen LogP contribution in [0.15, 0.2) is 85.0 Å². The highest BCUT2D eigenvalue weighted by atomic mass is 14.6. The fourth-order valence-electron chi connectivity index (χ4n) is 2.98. The van der Waals surface area contributed by atoms with E-state index >= 15 is 0 Å². The van der Waals surface area contributed by atoms with Crippen LogP contribution in [0, 0.1) is 0 Å². The molecule has 0 saturated carbocycles. The largest absolute Gasteiger partial charge is 0.324 e. The van der Waals surface area contributed by atoms with Gasteiger partial charge >= 0.3 is 0 Å². The second-order valence-corrected chi connectivity index (χ2v) is 6.85. The molecule has 4 N–H and O–H groups in total. The van der Waals surface area contributed by atoms with Crippen molar-refractivity contribution in [1.82, 2.24) is 0 Å². The van der Waals surface area contributed by atoms with Crippen molar-refractivity contribution < 1.29 is 0 Å². The molecular weight excluding hydrogens is 316 g/mol. The predicted octanol–water partition coefficient (Wildman–Crippen LogP) is 4.80. The summed E-state index contributed by atoms with van der Waals surface area (Å²) in [5.74, 6) is 0. The van der Waals surface area contributed by atoms with Crippen LogP contribution in [0.25, 0.3) is 0 Å². The number of unbranched alkanes of at least 4 members (excludes halogenated alkanes) is 3. The molecule has 0 bridgehead atoms. The van der Waals surface area contributed by atoms with Crippen molar-refractivity contribution in [3.63, 3.8) is 0 Å². The lowest BCUT2D eigenvalue weighted by Gasteiger charge is -2.06. The Hall–Kier alpha value is -2.16. The first kappa shape index (κ1) is 20.2. The van der Waals surface area contributed by atoms with Crippen molar-refractivity contribution in [1.29, 1.82) is 0 Å². The van der Waals surface area contributed by atoms with E-state index < -0.39 is 0 Å². The van der Waals surface area contributed by atoms with E-state index in [1.807, 2.05) is 12.1 Å². The summed E-state index contributed by atoms with van der Waals surface area (Å²) >= 11 is 0. The quantitative estimate of drug-likeness (QED) is 0.453. The third kappa shape index (κ3) is 8.80. The molecule has 0 saturated heterocycles. The van der Waals surface area contributed by atoms with E-state index in [4.69, 9.17) is 11.5 Å². The van der Waals surface area contributed by atoms with Gasteiger partial charge in [0.1, 0.15) is 0 Å². The van der Waals surface area contributed by atoms with Gasteiger partial charge in [-0.2, -0.15) is 0 Å². The fraction of sp³-hybridized carbons (Fsp3) is 0.333. The molecule has 0 spiro atoms. The van der Waals surface area contributed by atoms with Crippen molar-refractivity contribution >= 4 is 0 Å². The lowest BCUT2D eigenvalue weighted by molar-refractivity contribution is 0.744. The van der Waals surface area contributed by atoms with Gasteiger partial charge < -0.3 is 11.5 Å². The monoisotopic (exact) mass is 348 g/mol. The van der Waals surface area contributed by atoms with E-state index in [1.165, 1.54) is 24.0 Å². The van der Waals surface area contributed by atoms with Crippen molar-refractivity contribution in [2.45, 2.75) is 50.6 Å². The molecule has 0 aliphatic rings. The molecule has 2 rings (SSSR count). The molecule has 26 heavy (non-hydrogen) atoms. The molecule has 0 heterocycles. The van der Waals surface area contributed by atoms with Crippen LogP contribution < -0.4 is 11.5 Å². The van der Waals surface area contributed by atoms with Gasteiger partial charge in [0.15, 0.2) is 0 Å². The normalized spacial score (nSPS) is 14.1. The molecule has 2 aromatic rings. The topological polar surface area (TPSA) is 52.0 Å². The van der Waals surface area contributed by atoms with Gasteiger partial charge in [-0.25, -0.2) is 0 Å². The summed E-state index contributed by atoms with van der Waals surface area (Å²) in [6.07, 6.45) is 15.1. The maximum Gasteiger partial charge on any atom is 0.0264 e. The minimum atomic E-state index is 0.105. The van der Waals surface area contributed by atoms with E-state index in [9.17, 15) is 0 Å². The Morgan fingerprint density at radius 3 is 1.38 bits per heavy atom. The molecule has 2 heteroatoms. The zero-order valence-corrected chi connectivity index (χ0v) is 15.6. The highest BCUT2D eigenvalue weighted by Gasteiger charge is 1.99. The number of benzene rings is 2. The van der Waals surface area contributed by atoms with Crippen LogP contribution in [0.2, 0.25) is 0 Å². The number of hydrogen-bond acceptors (Lipinski definition) is 2. The summed E-state index contributed by atoms with van der Waals surface area (Å²) in [5.41, 5.74) is 14.9. The Kier molecular flexibility index (Phi) is 9.48. The Morgan fingerprint density at radius 1 is 0.615 bits per heavy atom. The summed E-state index contributed by atoms with van der Waals surface area (Å²) in [7, 11) is 0. The molecule has 138 valence electrons. The van der Waals surface area contributed by atoms with E-state index in [-0.39, 0.29) is 12.1 Å². The van der Waals surface area contributed by atoms with Crippen molar-refractivity contribution in [2.24, 2.45) is 11.5 Å². The van der Waals surface area contributed by atoms with Crippen molar-refractivity contribution in [3.8, 4) is 0 Å². The van der Waals surface area contributed by atoms with E-state index in [0.717, 1.165) is 25.7 Å². The van der Waals surface area contributed by atoms with Gasteiger partial charge in [-0.05, 0) is 49.7 Å². The van der Waals surface area contributed by atoms with Gasteiger partial charge in [0.05, 0.1) is 0 Å². The molecule has 2 atom stereocenters. The lowest BCUT2D eigenvalue weighted by atomic mass is 10.0. The number of hydrogen-bond donors (Lipinski definition) is 2. The third-order valence-corrected chi connectivity index (χ3v) is 4.39. The standard InChI is InChI=1S/C24H32N2/c25-23(19-21-13-7-5-8-14-21)17-11-3-1-2-4-12-18-24(26)20-22-15-9-6-10-16-22/h5-18,23-24H,1-4,19-20,25-26H2. The zero-order chi connectivity index (χ0) is 18.5. The van der Waals surface area contributed by atoms with Crippen molar-refractivity contribution in [3.05, 3.63) is 96.1 Å². The first-order chi connectivity index (χ1) is 12.7. The number of rotatable bonds is 11. The van der Waals surface area contributed by atoms with Crippen LogP contribution in [-0.2, 0) is 12.8 Å². The van der Waals surface area contributed by atoms with Crippen LogP contribution in [-0.4, -0.2) is 12.1 Å². The van der Waals surface area contributed by atoms with Crippen LogP contribution in [0.1, 0.15) is 36.8 Å². The Balaban J connectivity index is 1.53. The molecular formula is C24H32N2. The van der Waals surface area contributed by atoms with Gasteiger partial charge in [-0.15, -0.1) is 0 Å². The molecule has 0 aromatic heterocycles. The zero-order valence-electron chi connectivity index (χ0n) is 15.6. The van der Waals surface area contributed by atoms with Gasteiger partial charge in [-0.3, -0.25) is 0 Å². The molecule has 0 radical (unpaired) electrons. The summed E-state index contributed by atoms with van der Waals surface area (Å²) in [4.78, 5) is 0. The maximum absolute atomic E-state index is 6.15. The molecule has 0 fully saturated rings. The molecule has 0 amide bonds. The van der Waals surface area contributed by atoms with Gasteiger partial charge in [-0.1, -0.05) is 85.0 Å². The molecule has 2 aromatic carbocycles. The molecule has 0 aliphatic heterocycles. The maximum atomic E-state index is 6.15. The Morgan fingerprint density at radius 2 is 1.00 bits per heavy atom. The van der Waals surface area contributed by atoms with Crippen molar-refractivity contribution in [2.75, 3.05) is 0 Å². The second-order valence-electron chi connectivity index (χ2n) is 6.85. The fourth-order valence-corrected chi connectivity index (χ4v) is 2.98. The summed E-state index contributed by atoms with van der Waals surface area (Å²) in [5, 5.41) is 0. The smallest absolute Gasteiger partial charge is 0.0264 e.